The van der Waals surface area contributed by atoms with Gasteiger partial charge in [-0.25, -0.2) is 8.78 Å². The molecule has 1 heterocycles. The maximum atomic E-state index is 13.3. The van der Waals surface area contributed by atoms with Crippen LogP contribution in [0.5, 0.6) is 17.2 Å². The molecule has 0 amide bonds. The highest BCUT2D eigenvalue weighted by Gasteiger charge is 2.26. The van der Waals surface area contributed by atoms with Gasteiger partial charge in [0.25, 0.3) is 0 Å². The van der Waals surface area contributed by atoms with E-state index >= 15 is 0 Å². The summed E-state index contributed by atoms with van der Waals surface area (Å²) >= 11 is 0. The minimum absolute atomic E-state index is 0.00808. The second kappa shape index (κ2) is 9.86. The van der Waals surface area contributed by atoms with E-state index in [1.54, 1.807) is 18.2 Å². The van der Waals surface area contributed by atoms with Crippen LogP contribution in [0.3, 0.4) is 0 Å². The second-order valence-electron chi connectivity index (χ2n) is 7.22. The Morgan fingerprint density at radius 2 is 2.07 bits per heavy atom. The largest absolute Gasteiger partial charge is 0.493 e. The molecule has 1 aliphatic heterocycles. The number of methoxy groups -OCH3 is 1. The standard InChI is InChI=1S/C22H25F2NO5/c1-14(26)18-4-3-5-21(28-2)22(18)29-13-15(27)11-25-9-8-17(12-25)30-16-6-7-19(23)20(24)10-16/h3-7,10,15,17,27H,8-9,11-13H2,1-2H3. The van der Waals surface area contributed by atoms with Crippen molar-refractivity contribution in [1.82, 2.24) is 4.90 Å². The van der Waals surface area contributed by atoms with Gasteiger partial charge >= 0.3 is 0 Å². The first kappa shape index (κ1) is 22.0. The highest BCUT2D eigenvalue weighted by Crippen LogP contribution is 2.31. The fourth-order valence-corrected chi connectivity index (χ4v) is 3.43. The number of carbonyl (C=O) groups excluding carboxylic acids is 1. The predicted octanol–water partition coefficient (Wildman–Crippen LogP) is 3.07. The molecule has 0 aromatic heterocycles. The van der Waals surface area contributed by atoms with Gasteiger partial charge in [-0.1, -0.05) is 6.07 Å². The third kappa shape index (κ3) is 5.46. The molecule has 1 N–H and O–H groups in total. The normalized spacial score (nSPS) is 17.6. The maximum absolute atomic E-state index is 13.3. The molecule has 30 heavy (non-hydrogen) atoms. The fraction of sp³-hybridized carbons (Fsp3) is 0.409. The lowest BCUT2D eigenvalue weighted by molar-refractivity contribution is 0.0700. The number of benzene rings is 2. The number of likely N-dealkylation sites (tertiary alicyclic amines) is 1. The number of aliphatic hydroxyl groups is 1. The van der Waals surface area contributed by atoms with Crippen LogP contribution in [0.25, 0.3) is 0 Å². The van der Waals surface area contributed by atoms with Crippen molar-refractivity contribution in [1.29, 1.82) is 0 Å². The van der Waals surface area contributed by atoms with Crippen LogP contribution >= 0.6 is 0 Å². The number of para-hydroxylation sites is 1. The van der Waals surface area contributed by atoms with Crippen molar-refractivity contribution in [2.24, 2.45) is 0 Å². The Morgan fingerprint density at radius 1 is 1.27 bits per heavy atom. The van der Waals surface area contributed by atoms with E-state index in [1.807, 2.05) is 4.90 Å². The van der Waals surface area contributed by atoms with E-state index < -0.39 is 17.7 Å². The summed E-state index contributed by atoms with van der Waals surface area (Å²) in [5.41, 5.74) is 0.391. The topological polar surface area (TPSA) is 68.2 Å². The minimum atomic E-state index is -0.948. The van der Waals surface area contributed by atoms with Crippen molar-refractivity contribution in [3.8, 4) is 17.2 Å². The summed E-state index contributed by atoms with van der Waals surface area (Å²) in [6, 6.07) is 8.49. The number of aliphatic hydroxyl groups excluding tert-OH is 1. The van der Waals surface area contributed by atoms with Gasteiger partial charge in [0.05, 0.1) is 12.7 Å². The zero-order valence-corrected chi connectivity index (χ0v) is 16.9. The number of carbonyl (C=O) groups is 1. The SMILES string of the molecule is COc1cccc(C(C)=O)c1OCC(O)CN1CCC(Oc2ccc(F)c(F)c2)C1. The molecule has 0 aliphatic carbocycles. The third-order valence-corrected chi connectivity index (χ3v) is 4.89. The summed E-state index contributed by atoms with van der Waals surface area (Å²) < 4.78 is 43.0. The van der Waals surface area contributed by atoms with E-state index in [2.05, 4.69) is 0 Å². The van der Waals surface area contributed by atoms with Gasteiger partial charge < -0.3 is 19.3 Å². The van der Waals surface area contributed by atoms with Gasteiger partial charge in [0.2, 0.25) is 0 Å². The first-order chi connectivity index (χ1) is 14.4. The van der Waals surface area contributed by atoms with Gasteiger partial charge in [0, 0.05) is 25.7 Å². The Bertz CT molecular complexity index is 892. The quantitative estimate of drug-likeness (QED) is 0.628. The smallest absolute Gasteiger partial charge is 0.172 e. The lowest BCUT2D eigenvalue weighted by Crippen LogP contribution is -2.35. The van der Waals surface area contributed by atoms with Crippen LogP contribution < -0.4 is 14.2 Å². The Balaban J connectivity index is 1.51. The van der Waals surface area contributed by atoms with Crippen molar-refractivity contribution in [3.63, 3.8) is 0 Å². The van der Waals surface area contributed by atoms with E-state index in [0.717, 1.165) is 12.1 Å². The molecule has 1 aliphatic rings. The van der Waals surface area contributed by atoms with Gasteiger partial charge in [-0.3, -0.25) is 9.69 Å². The molecule has 2 aromatic rings. The second-order valence-corrected chi connectivity index (χ2v) is 7.22. The summed E-state index contributed by atoms with van der Waals surface area (Å²) in [7, 11) is 1.49. The number of nitrogens with zero attached hydrogens (tertiary/aromatic N) is 1. The lowest BCUT2D eigenvalue weighted by atomic mass is 10.1. The molecule has 2 unspecified atom stereocenters. The van der Waals surface area contributed by atoms with Crippen molar-refractivity contribution < 1.29 is 32.9 Å². The number of hydrogen-bond donors (Lipinski definition) is 1. The first-order valence-electron chi connectivity index (χ1n) is 9.70. The van der Waals surface area contributed by atoms with E-state index in [1.165, 1.54) is 20.1 Å². The monoisotopic (exact) mass is 421 g/mol. The molecule has 1 saturated heterocycles. The molecular formula is C22H25F2NO5. The number of hydrogen-bond acceptors (Lipinski definition) is 6. The molecule has 2 aromatic carbocycles. The average molecular weight is 421 g/mol. The zero-order valence-electron chi connectivity index (χ0n) is 16.9. The summed E-state index contributed by atoms with van der Waals surface area (Å²) in [5.74, 6) is -1.01. The highest BCUT2D eigenvalue weighted by atomic mass is 19.2. The van der Waals surface area contributed by atoms with E-state index in [-0.39, 0.29) is 24.2 Å². The Labute approximate surface area is 174 Å². The first-order valence-corrected chi connectivity index (χ1v) is 9.70. The summed E-state index contributed by atoms with van der Waals surface area (Å²) in [6.07, 6.45) is -0.272. The molecule has 162 valence electrons. The lowest BCUT2D eigenvalue weighted by Gasteiger charge is -2.21. The van der Waals surface area contributed by atoms with Crippen LogP contribution in [-0.2, 0) is 0 Å². The van der Waals surface area contributed by atoms with Crippen LogP contribution in [0, 0.1) is 11.6 Å². The van der Waals surface area contributed by atoms with E-state index in [4.69, 9.17) is 14.2 Å². The van der Waals surface area contributed by atoms with Crippen molar-refractivity contribution in [3.05, 3.63) is 53.6 Å². The van der Waals surface area contributed by atoms with Gasteiger partial charge in [-0.05, 0) is 37.6 Å². The van der Waals surface area contributed by atoms with Crippen LogP contribution in [0.1, 0.15) is 23.7 Å². The van der Waals surface area contributed by atoms with Crippen molar-refractivity contribution in [2.45, 2.75) is 25.6 Å². The summed E-state index contributed by atoms with van der Waals surface area (Å²) in [6.45, 7) is 3.02. The molecule has 2 atom stereocenters. The molecular weight excluding hydrogens is 396 g/mol. The Hall–Kier alpha value is -2.71. The summed E-state index contributed by atoms with van der Waals surface area (Å²) in [5, 5.41) is 10.4. The van der Waals surface area contributed by atoms with Gasteiger partial charge in [0.1, 0.15) is 24.6 Å². The molecule has 0 spiro atoms. The van der Waals surface area contributed by atoms with Crippen molar-refractivity contribution in [2.75, 3.05) is 33.4 Å². The van der Waals surface area contributed by atoms with Crippen LogP contribution in [0.15, 0.2) is 36.4 Å². The number of ether oxygens (including phenoxy) is 3. The fourth-order valence-electron chi connectivity index (χ4n) is 3.43. The molecule has 6 nitrogen and oxygen atoms in total. The number of Topliss-reactive ketones (excluding diaryl/α,β-unsaturated/α-hetero) is 1. The molecule has 0 bridgehead atoms. The van der Waals surface area contributed by atoms with E-state index in [0.29, 0.717) is 43.1 Å². The van der Waals surface area contributed by atoms with Crippen LogP contribution in [0.2, 0.25) is 0 Å². The third-order valence-electron chi connectivity index (χ3n) is 4.89. The number of halogens is 2. The van der Waals surface area contributed by atoms with Crippen molar-refractivity contribution >= 4 is 5.78 Å². The highest BCUT2D eigenvalue weighted by molar-refractivity contribution is 5.97. The van der Waals surface area contributed by atoms with Crippen LogP contribution in [0.4, 0.5) is 8.78 Å². The molecule has 0 saturated carbocycles. The number of β-amino-alcohol motifs (C(OH)–C–C–N with tert-alkyl or cyclic N) is 1. The summed E-state index contributed by atoms with van der Waals surface area (Å²) in [4.78, 5) is 13.8. The number of ketones is 1. The molecule has 1 fully saturated rings. The molecule has 3 rings (SSSR count). The maximum Gasteiger partial charge on any atom is 0.172 e. The van der Waals surface area contributed by atoms with Gasteiger partial charge in [0.15, 0.2) is 28.9 Å². The Morgan fingerprint density at radius 3 is 2.77 bits per heavy atom. The molecule has 8 heteroatoms. The predicted molar refractivity (Wildman–Crippen MR) is 106 cm³/mol. The van der Waals surface area contributed by atoms with Gasteiger partial charge in [-0.15, -0.1) is 0 Å². The average Bonchev–Trinajstić information content (AvgIpc) is 3.15. The zero-order chi connectivity index (χ0) is 21.7. The molecule has 0 radical (unpaired) electrons. The Kier molecular flexibility index (Phi) is 7.23. The van der Waals surface area contributed by atoms with Crippen LogP contribution in [-0.4, -0.2) is 61.3 Å². The number of rotatable bonds is 9. The minimum Gasteiger partial charge on any atom is -0.493 e. The van der Waals surface area contributed by atoms with E-state index in [9.17, 15) is 18.7 Å². The van der Waals surface area contributed by atoms with Gasteiger partial charge in [-0.2, -0.15) is 0 Å².